The highest BCUT2D eigenvalue weighted by atomic mass is 32.1. The Hall–Kier alpha value is -7.54. The molecule has 58 heavy (non-hydrogen) atoms. The summed E-state index contributed by atoms with van der Waals surface area (Å²) < 4.78 is 8.95. The first kappa shape index (κ1) is 32.7. The highest BCUT2D eigenvalue weighted by Gasteiger charge is 2.20. The molecule has 4 heterocycles. The first-order valence-corrected chi connectivity index (χ1v) is 20.1. The molecule has 8 aromatic carbocycles. The zero-order valence-electron chi connectivity index (χ0n) is 30.9. The number of thiophene rings is 1. The van der Waals surface area contributed by atoms with Crippen molar-refractivity contribution in [1.29, 1.82) is 0 Å². The van der Waals surface area contributed by atoms with E-state index in [-0.39, 0.29) is 0 Å². The molecule has 0 bridgehead atoms. The molecule has 0 saturated heterocycles. The van der Waals surface area contributed by atoms with E-state index in [0.717, 1.165) is 66.4 Å². The van der Waals surface area contributed by atoms with Crippen LogP contribution in [0.4, 0.5) is 0 Å². The molecule has 5 nitrogen and oxygen atoms in total. The Morgan fingerprint density at radius 1 is 0.345 bits per heavy atom. The van der Waals surface area contributed by atoms with Gasteiger partial charge in [-0.25, -0.2) is 19.9 Å². The molecule has 0 amide bonds. The van der Waals surface area contributed by atoms with Crippen LogP contribution in [-0.4, -0.2) is 19.9 Å². The average Bonchev–Trinajstić information content (AvgIpc) is 3.88. The van der Waals surface area contributed by atoms with Crippen molar-refractivity contribution in [3.63, 3.8) is 0 Å². The largest absolute Gasteiger partial charge is 0.455 e. The van der Waals surface area contributed by atoms with Crippen molar-refractivity contribution in [3.05, 3.63) is 182 Å². The molecular weight excluding hydrogens is 729 g/mol. The summed E-state index contributed by atoms with van der Waals surface area (Å²) in [6, 6.07) is 63.2. The summed E-state index contributed by atoms with van der Waals surface area (Å²) in [7, 11) is 0. The molecule has 12 aromatic rings. The summed E-state index contributed by atoms with van der Waals surface area (Å²) in [6.07, 6.45) is 0. The number of benzene rings is 8. The second-order valence-corrected chi connectivity index (χ2v) is 15.5. The monoisotopic (exact) mass is 758 g/mol. The van der Waals surface area contributed by atoms with Crippen LogP contribution in [0.25, 0.3) is 120 Å². The lowest BCUT2D eigenvalue weighted by molar-refractivity contribution is 0.669. The van der Waals surface area contributed by atoms with Crippen molar-refractivity contribution in [2.75, 3.05) is 0 Å². The van der Waals surface area contributed by atoms with Gasteiger partial charge >= 0.3 is 0 Å². The topological polar surface area (TPSA) is 64.7 Å². The molecule has 0 radical (unpaired) electrons. The molecule has 0 atom stereocenters. The third-order valence-corrected chi connectivity index (χ3v) is 12.4. The Morgan fingerprint density at radius 2 is 0.914 bits per heavy atom. The van der Waals surface area contributed by atoms with Gasteiger partial charge in [0.05, 0.1) is 16.8 Å². The van der Waals surface area contributed by atoms with Crippen LogP contribution in [0, 0.1) is 0 Å². The molecule has 270 valence electrons. The van der Waals surface area contributed by atoms with Gasteiger partial charge in [-0.15, -0.1) is 11.3 Å². The molecule has 0 aliphatic rings. The van der Waals surface area contributed by atoms with Gasteiger partial charge in [0.2, 0.25) is 0 Å². The van der Waals surface area contributed by atoms with E-state index < -0.39 is 0 Å². The van der Waals surface area contributed by atoms with Crippen molar-refractivity contribution in [2.45, 2.75) is 0 Å². The van der Waals surface area contributed by atoms with Crippen molar-refractivity contribution in [3.8, 4) is 56.5 Å². The van der Waals surface area contributed by atoms with E-state index in [0.29, 0.717) is 17.5 Å². The standard InChI is InChI=1S/C52H30N4OS/c1-3-13-32(14-4-1)46-41-30-29-39-38-21-11-19-35(48(38)58-49(39)45(41)40-18-7-9-23-43(40)53-46)31-25-27-34(28-26-31)51-54-50(33-15-5-2-6-16-33)55-52(56-51)42-22-12-20-37-36-17-8-10-24-44(36)57-47(37)42/h1-30H. The van der Waals surface area contributed by atoms with Crippen molar-refractivity contribution >= 4 is 75.1 Å². The van der Waals surface area contributed by atoms with Crippen LogP contribution < -0.4 is 0 Å². The summed E-state index contributed by atoms with van der Waals surface area (Å²) in [6.45, 7) is 0. The van der Waals surface area contributed by atoms with Crippen LogP contribution in [0.2, 0.25) is 0 Å². The number of aromatic nitrogens is 4. The molecule has 0 saturated carbocycles. The van der Waals surface area contributed by atoms with Gasteiger partial charge in [0.15, 0.2) is 17.5 Å². The number of furan rings is 1. The van der Waals surface area contributed by atoms with E-state index in [9.17, 15) is 0 Å². The second kappa shape index (κ2) is 13.0. The number of fused-ring (bicyclic) bond motifs is 10. The first-order valence-electron chi connectivity index (χ1n) is 19.3. The number of pyridine rings is 1. The minimum absolute atomic E-state index is 0.568. The Kier molecular flexibility index (Phi) is 7.33. The van der Waals surface area contributed by atoms with Gasteiger partial charge in [0, 0.05) is 63.8 Å². The minimum Gasteiger partial charge on any atom is -0.455 e. The first-order chi connectivity index (χ1) is 28.7. The molecule has 0 unspecified atom stereocenters. The van der Waals surface area contributed by atoms with E-state index in [1.807, 2.05) is 72.0 Å². The maximum atomic E-state index is 6.42. The van der Waals surface area contributed by atoms with Crippen LogP contribution in [0.1, 0.15) is 0 Å². The predicted molar refractivity (Wildman–Crippen MR) is 240 cm³/mol. The summed E-state index contributed by atoms with van der Waals surface area (Å²) in [5, 5.41) is 8.19. The highest BCUT2D eigenvalue weighted by Crippen LogP contribution is 2.46. The molecule has 4 aromatic heterocycles. The van der Waals surface area contributed by atoms with Gasteiger partial charge in [-0.05, 0) is 29.3 Å². The molecular formula is C52H30N4OS. The molecule has 12 rings (SSSR count). The summed E-state index contributed by atoms with van der Waals surface area (Å²) >= 11 is 1.86. The Balaban J connectivity index is 1.00. The quantitative estimate of drug-likeness (QED) is 0.164. The van der Waals surface area contributed by atoms with E-state index in [1.165, 1.54) is 36.5 Å². The van der Waals surface area contributed by atoms with Crippen molar-refractivity contribution < 1.29 is 4.42 Å². The fourth-order valence-electron chi connectivity index (χ4n) is 8.40. The van der Waals surface area contributed by atoms with Crippen LogP contribution in [0.5, 0.6) is 0 Å². The number of para-hydroxylation sites is 3. The molecule has 0 N–H and O–H groups in total. The number of rotatable bonds is 5. The van der Waals surface area contributed by atoms with Crippen molar-refractivity contribution in [1.82, 2.24) is 19.9 Å². The van der Waals surface area contributed by atoms with Gasteiger partial charge in [-0.3, -0.25) is 0 Å². The number of hydrogen-bond donors (Lipinski definition) is 0. The minimum atomic E-state index is 0.568. The van der Waals surface area contributed by atoms with E-state index in [1.54, 1.807) is 0 Å². The lowest BCUT2D eigenvalue weighted by Crippen LogP contribution is -2.00. The van der Waals surface area contributed by atoms with Gasteiger partial charge in [-0.1, -0.05) is 164 Å². The second-order valence-electron chi connectivity index (χ2n) is 14.5. The molecule has 6 heteroatoms. The van der Waals surface area contributed by atoms with Crippen LogP contribution in [-0.2, 0) is 0 Å². The third-order valence-electron chi connectivity index (χ3n) is 11.1. The zero-order valence-corrected chi connectivity index (χ0v) is 31.7. The maximum Gasteiger partial charge on any atom is 0.167 e. The summed E-state index contributed by atoms with van der Waals surface area (Å²) in [4.78, 5) is 20.3. The lowest BCUT2D eigenvalue weighted by Gasteiger charge is -2.11. The Bertz CT molecular complexity index is 3560. The van der Waals surface area contributed by atoms with Crippen LogP contribution >= 0.6 is 11.3 Å². The van der Waals surface area contributed by atoms with Crippen LogP contribution in [0.3, 0.4) is 0 Å². The fraction of sp³-hybridized carbons (Fsp3) is 0. The third kappa shape index (κ3) is 5.16. The zero-order chi connectivity index (χ0) is 38.2. The molecule has 0 fully saturated rings. The Labute approximate surface area is 336 Å². The number of hydrogen-bond acceptors (Lipinski definition) is 6. The predicted octanol–water partition coefficient (Wildman–Crippen LogP) is 14.2. The number of nitrogens with zero attached hydrogens (tertiary/aromatic N) is 4. The maximum absolute atomic E-state index is 6.42. The van der Waals surface area contributed by atoms with E-state index in [2.05, 4.69) is 121 Å². The molecule has 0 spiro atoms. The van der Waals surface area contributed by atoms with Crippen LogP contribution in [0.15, 0.2) is 186 Å². The molecule has 0 aliphatic heterocycles. The van der Waals surface area contributed by atoms with E-state index in [4.69, 9.17) is 24.4 Å². The summed E-state index contributed by atoms with van der Waals surface area (Å²) in [5.74, 6) is 1.78. The smallest absolute Gasteiger partial charge is 0.167 e. The van der Waals surface area contributed by atoms with Crippen molar-refractivity contribution in [2.24, 2.45) is 0 Å². The van der Waals surface area contributed by atoms with E-state index >= 15 is 0 Å². The summed E-state index contributed by atoms with van der Waals surface area (Å²) in [5.41, 5.74) is 9.71. The van der Waals surface area contributed by atoms with Gasteiger partial charge < -0.3 is 4.42 Å². The van der Waals surface area contributed by atoms with Gasteiger partial charge in [0.25, 0.3) is 0 Å². The SMILES string of the molecule is c1ccc(-c2nc(-c3ccc(-c4cccc5c4sc4c5ccc5c(-c6ccccc6)nc6ccccc6c54)cc3)nc(-c3cccc4c3oc3ccccc34)n2)cc1. The van der Waals surface area contributed by atoms with Gasteiger partial charge in [0.1, 0.15) is 11.2 Å². The fourth-order valence-corrected chi connectivity index (χ4v) is 9.80. The van der Waals surface area contributed by atoms with Gasteiger partial charge in [-0.2, -0.15) is 0 Å². The Morgan fingerprint density at radius 3 is 1.71 bits per heavy atom. The lowest BCUT2D eigenvalue weighted by atomic mass is 9.97. The molecule has 0 aliphatic carbocycles. The normalized spacial score (nSPS) is 11.8. The highest BCUT2D eigenvalue weighted by molar-refractivity contribution is 7.27. The average molecular weight is 759 g/mol.